The Hall–Kier alpha value is -1.07. The standard InChI is InChI=1S/C14H18N2OS2/c1-19-12-7-3-2-6-11(12)14(17)16-8-4-5-10(9-16)13(15)18/h2-3,6-7,10H,4-5,8-9H2,1H3,(H2,15,18). The first-order valence-electron chi connectivity index (χ1n) is 6.35. The lowest BCUT2D eigenvalue weighted by Gasteiger charge is -2.32. The highest BCUT2D eigenvalue weighted by molar-refractivity contribution is 7.98. The molecular formula is C14H18N2OS2. The summed E-state index contributed by atoms with van der Waals surface area (Å²) in [4.78, 5) is 16.0. The molecule has 102 valence electrons. The highest BCUT2D eigenvalue weighted by Crippen LogP contribution is 2.24. The van der Waals surface area contributed by atoms with Gasteiger partial charge in [0.25, 0.3) is 5.91 Å². The molecule has 0 saturated carbocycles. The molecule has 1 atom stereocenters. The number of piperidine rings is 1. The maximum Gasteiger partial charge on any atom is 0.255 e. The van der Waals surface area contributed by atoms with Gasteiger partial charge in [0, 0.05) is 23.9 Å². The Bertz CT molecular complexity index is 490. The minimum absolute atomic E-state index is 0.0888. The summed E-state index contributed by atoms with van der Waals surface area (Å²) in [5.41, 5.74) is 6.49. The second-order valence-electron chi connectivity index (χ2n) is 4.69. The number of hydrogen-bond donors (Lipinski definition) is 1. The molecule has 1 aliphatic heterocycles. The molecule has 2 rings (SSSR count). The number of nitrogens with zero attached hydrogens (tertiary/aromatic N) is 1. The number of amides is 1. The third-order valence-electron chi connectivity index (χ3n) is 3.45. The minimum Gasteiger partial charge on any atom is -0.393 e. The second-order valence-corrected chi connectivity index (χ2v) is 6.01. The quantitative estimate of drug-likeness (QED) is 0.687. The first kappa shape index (κ1) is 14.3. The molecule has 1 amide bonds. The molecule has 1 aromatic carbocycles. The van der Waals surface area contributed by atoms with E-state index in [-0.39, 0.29) is 11.8 Å². The first-order chi connectivity index (χ1) is 9.13. The Kier molecular flexibility index (Phi) is 4.82. The molecule has 0 radical (unpaired) electrons. The summed E-state index contributed by atoms with van der Waals surface area (Å²) in [7, 11) is 0. The third-order valence-corrected chi connectivity index (χ3v) is 4.58. The van der Waals surface area contributed by atoms with Crippen molar-refractivity contribution in [3.05, 3.63) is 29.8 Å². The minimum atomic E-state index is 0.0888. The van der Waals surface area contributed by atoms with Gasteiger partial charge >= 0.3 is 0 Å². The maximum atomic E-state index is 12.6. The van der Waals surface area contributed by atoms with E-state index in [1.807, 2.05) is 35.4 Å². The van der Waals surface area contributed by atoms with Gasteiger partial charge in [-0.15, -0.1) is 11.8 Å². The smallest absolute Gasteiger partial charge is 0.255 e. The molecule has 1 heterocycles. The molecule has 0 spiro atoms. The van der Waals surface area contributed by atoms with E-state index in [1.54, 1.807) is 11.8 Å². The zero-order valence-electron chi connectivity index (χ0n) is 11.0. The number of likely N-dealkylation sites (tertiary alicyclic amines) is 1. The highest BCUT2D eigenvalue weighted by atomic mass is 32.2. The molecule has 0 bridgehead atoms. The summed E-state index contributed by atoms with van der Waals surface area (Å²) in [6.07, 6.45) is 3.94. The number of hydrogen-bond acceptors (Lipinski definition) is 3. The lowest BCUT2D eigenvalue weighted by Crippen LogP contribution is -2.43. The van der Waals surface area contributed by atoms with E-state index in [9.17, 15) is 4.79 Å². The van der Waals surface area contributed by atoms with E-state index in [1.165, 1.54) is 0 Å². The third kappa shape index (κ3) is 3.28. The number of rotatable bonds is 3. The van der Waals surface area contributed by atoms with Crippen LogP contribution in [0.25, 0.3) is 0 Å². The van der Waals surface area contributed by atoms with Gasteiger partial charge in [0.2, 0.25) is 0 Å². The van der Waals surface area contributed by atoms with Crippen molar-refractivity contribution in [3.8, 4) is 0 Å². The molecule has 1 saturated heterocycles. The summed E-state index contributed by atoms with van der Waals surface area (Å²) in [6, 6.07) is 7.73. The predicted octanol–water partition coefficient (Wildman–Crippen LogP) is 2.55. The average molecular weight is 294 g/mol. The second kappa shape index (κ2) is 6.39. The van der Waals surface area contributed by atoms with E-state index >= 15 is 0 Å². The maximum absolute atomic E-state index is 12.6. The van der Waals surface area contributed by atoms with Crippen molar-refractivity contribution in [2.24, 2.45) is 11.7 Å². The Morgan fingerprint density at radius 3 is 2.89 bits per heavy atom. The van der Waals surface area contributed by atoms with Crippen molar-refractivity contribution in [2.45, 2.75) is 17.7 Å². The highest BCUT2D eigenvalue weighted by Gasteiger charge is 2.26. The topological polar surface area (TPSA) is 46.3 Å². The average Bonchev–Trinajstić information content (AvgIpc) is 2.46. The van der Waals surface area contributed by atoms with Crippen LogP contribution < -0.4 is 5.73 Å². The normalized spacial score (nSPS) is 19.2. The molecule has 1 fully saturated rings. The van der Waals surface area contributed by atoms with Gasteiger partial charge in [0.05, 0.1) is 10.6 Å². The molecule has 0 aliphatic carbocycles. The van der Waals surface area contributed by atoms with Gasteiger partial charge in [-0.2, -0.15) is 0 Å². The van der Waals surface area contributed by atoms with Crippen molar-refractivity contribution >= 4 is 34.9 Å². The van der Waals surface area contributed by atoms with Crippen LogP contribution in [0, 0.1) is 5.92 Å². The van der Waals surface area contributed by atoms with Crippen molar-refractivity contribution < 1.29 is 4.79 Å². The van der Waals surface area contributed by atoms with Gasteiger partial charge in [0.15, 0.2) is 0 Å². The van der Waals surface area contributed by atoms with Gasteiger partial charge in [-0.1, -0.05) is 24.4 Å². The van der Waals surface area contributed by atoms with Crippen LogP contribution >= 0.6 is 24.0 Å². The predicted molar refractivity (Wildman–Crippen MR) is 83.6 cm³/mol. The fourth-order valence-electron chi connectivity index (χ4n) is 2.39. The van der Waals surface area contributed by atoms with Crippen LogP contribution in [0.5, 0.6) is 0 Å². The van der Waals surface area contributed by atoms with Crippen LogP contribution in [0.4, 0.5) is 0 Å². The van der Waals surface area contributed by atoms with Gasteiger partial charge in [-0.25, -0.2) is 0 Å². The Balaban J connectivity index is 2.17. The van der Waals surface area contributed by atoms with E-state index in [4.69, 9.17) is 18.0 Å². The lowest BCUT2D eigenvalue weighted by atomic mass is 9.97. The molecule has 2 N–H and O–H groups in total. The molecule has 1 unspecified atom stereocenters. The summed E-state index contributed by atoms with van der Waals surface area (Å²) >= 11 is 6.65. The Morgan fingerprint density at radius 1 is 1.47 bits per heavy atom. The van der Waals surface area contributed by atoms with Gasteiger partial charge < -0.3 is 10.6 Å². The lowest BCUT2D eigenvalue weighted by molar-refractivity contribution is 0.0700. The van der Waals surface area contributed by atoms with Crippen LogP contribution in [0.3, 0.4) is 0 Å². The zero-order chi connectivity index (χ0) is 13.8. The fraction of sp³-hybridized carbons (Fsp3) is 0.429. The molecule has 19 heavy (non-hydrogen) atoms. The zero-order valence-corrected chi connectivity index (χ0v) is 12.6. The van der Waals surface area contributed by atoms with Crippen LogP contribution in [-0.2, 0) is 0 Å². The molecule has 5 heteroatoms. The largest absolute Gasteiger partial charge is 0.393 e. The van der Waals surface area contributed by atoms with Gasteiger partial charge in [-0.05, 0) is 31.2 Å². The number of carbonyl (C=O) groups is 1. The van der Waals surface area contributed by atoms with Crippen molar-refractivity contribution in [1.82, 2.24) is 4.90 Å². The molecule has 0 aromatic heterocycles. The van der Waals surface area contributed by atoms with E-state index < -0.39 is 0 Å². The Labute approximate surface area is 123 Å². The van der Waals surface area contributed by atoms with Crippen molar-refractivity contribution in [1.29, 1.82) is 0 Å². The monoisotopic (exact) mass is 294 g/mol. The first-order valence-corrected chi connectivity index (χ1v) is 7.98. The number of nitrogens with two attached hydrogens (primary N) is 1. The van der Waals surface area contributed by atoms with E-state index in [0.29, 0.717) is 11.5 Å². The molecule has 1 aliphatic rings. The summed E-state index contributed by atoms with van der Waals surface area (Å²) < 4.78 is 0. The van der Waals surface area contributed by atoms with E-state index in [2.05, 4.69) is 0 Å². The number of benzene rings is 1. The van der Waals surface area contributed by atoms with Crippen LogP contribution in [0.2, 0.25) is 0 Å². The molecule has 1 aromatic rings. The summed E-state index contributed by atoms with van der Waals surface area (Å²) in [6.45, 7) is 1.44. The molecule has 3 nitrogen and oxygen atoms in total. The van der Waals surface area contributed by atoms with Crippen molar-refractivity contribution in [2.75, 3.05) is 19.3 Å². The fourth-order valence-corrected chi connectivity index (χ4v) is 3.17. The molecular weight excluding hydrogens is 276 g/mol. The number of thiocarbonyl (C=S) groups is 1. The van der Waals surface area contributed by atoms with Crippen LogP contribution in [0.1, 0.15) is 23.2 Å². The Morgan fingerprint density at radius 2 is 2.21 bits per heavy atom. The van der Waals surface area contributed by atoms with E-state index in [0.717, 1.165) is 29.8 Å². The summed E-state index contributed by atoms with van der Waals surface area (Å²) in [5.74, 6) is 0.250. The number of thioether (sulfide) groups is 1. The van der Waals surface area contributed by atoms with Crippen LogP contribution in [-0.4, -0.2) is 35.1 Å². The van der Waals surface area contributed by atoms with Crippen molar-refractivity contribution in [3.63, 3.8) is 0 Å². The van der Waals surface area contributed by atoms with Gasteiger partial charge in [0.1, 0.15) is 0 Å². The SMILES string of the molecule is CSc1ccccc1C(=O)N1CCCC(C(N)=S)C1. The van der Waals surface area contributed by atoms with Gasteiger partial charge in [-0.3, -0.25) is 4.79 Å². The van der Waals surface area contributed by atoms with Crippen LogP contribution in [0.15, 0.2) is 29.2 Å². The summed E-state index contributed by atoms with van der Waals surface area (Å²) in [5, 5.41) is 0. The number of carbonyl (C=O) groups excluding carboxylic acids is 1.